The molecule has 0 atom stereocenters. The van der Waals surface area contributed by atoms with Gasteiger partial charge in [0.2, 0.25) is 0 Å². The van der Waals surface area contributed by atoms with E-state index in [4.69, 9.17) is 0 Å². The first kappa shape index (κ1) is 29.4. The fourth-order valence-electron chi connectivity index (χ4n) is 0.919. The van der Waals surface area contributed by atoms with Crippen LogP contribution in [0.15, 0.2) is 66.7 Å². The van der Waals surface area contributed by atoms with Gasteiger partial charge in [0, 0.05) is 0 Å². The first-order valence-corrected chi connectivity index (χ1v) is 8.97. The summed E-state index contributed by atoms with van der Waals surface area (Å²) in [5.41, 5.74) is 1.32. The van der Waals surface area contributed by atoms with Crippen molar-refractivity contribution in [2.24, 2.45) is 0 Å². The van der Waals surface area contributed by atoms with Crippen molar-refractivity contribution in [2.45, 2.75) is 55.4 Å². The minimum Gasteiger partial charge on any atom is -0.320 e. The van der Waals surface area contributed by atoms with Crippen molar-refractivity contribution in [3.63, 3.8) is 0 Å². The van der Waals surface area contributed by atoms with Gasteiger partial charge in [-0.05, 0) is 20.5 Å². The number of hydrogen-bond donors (Lipinski definition) is 1. The minimum atomic E-state index is 1.07. The third-order valence-electron chi connectivity index (χ3n) is 1.96. The average Bonchev–Trinajstić information content (AvgIpc) is 2.69. The average molecular weight is 320 g/mol. The highest BCUT2D eigenvalue weighted by molar-refractivity contribution is 5.11. The first-order chi connectivity index (χ1) is 11.3. The molecule has 0 bridgehead atoms. The highest BCUT2D eigenvalue weighted by Gasteiger charge is 1.72. The smallest absolute Gasteiger partial charge is 0.00804 e. The molecule has 0 aliphatic rings. The van der Waals surface area contributed by atoms with E-state index in [0.717, 1.165) is 6.54 Å². The molecule has 134 valence electrons. The van der Waals surface area contributed by atoms with Crippen molar-refractivity contribution in [1.82, 2.24) is 5.32 Å². The van der Waals surface area contributed by atoms with Crippen LogP contribution in [-0.4, -0.2) is 13.6 Å². The highest BCUT2D eigenvalue weighted by Crippen LogP contribution is 1.92. The first-order valence-electron chi connectivity index (χ1n) is 8.97. The van der Waals surface area contributed by atoms with Crippen molar-refractivity contribution in [1.29, 1.82) is 0 Å². The van der Waals surface area contributed by atoms with Crippen LogP contribution in [0.4, 0.5) is 0 Å². The Kier molecular flexibility index (Phi) is 47.4. The molecule has 0 amide bonds. The lowest BCUT2D eigenvalue weighted by molar-refractivity contribution is 0.864. The zero-order valence-corrected chi connectivity index (χ0v) is 17.1. The van der Waals surface area contributed by atoms with Crippen LogP contribution in [0.1, 0.15) is 54.0 Å². The number of aryl methyl sites for hydroxylation is 1. The molecule has 2 rings (SSSR count). The normalized spacial score (nSPS) is 6.83. The summed E-state index contributed by atoms with van der Waals surface area (Å²) < 4.78 is 0. The second kappa shape index (κ2) is 37.0. The lowest BCUT2D eigenvalue weighted by atomic mass is 10.2. The van der Waals surface area contributed by atoms with Gasteiger partial charge in [-0.15, -0.1) is 0 Å². The third-order valence-corrected chi connectivity index (χ3v) is 1.96. The fraction of sp³-hybridized carbons (Fsp3) is 0.455. The zero-order chi connectivity index (χ0) is 18.8. The SMILES string of the molecule is CC.CC.CC.CCNC.Cc1ccccc1.c1ccccc1. The molecule has 0 saturated carbocycles. The Morgan fingerprint density at radius 3 is 0.957 bits per heavy atom. The molecule has 0 aliphatic heterocycles. The number of benzene rings is 2. The molecular weight excluding hydrogens is 278 g/mol. The summed E-state index contributed by atoms with van der Waals surface area (Å²) in [4.78, 5) is 0. The monoisotopic (exact) mass is 319 g/mol. The van der Waals surface area contributed by atoms with Gasteiger partial charge in [-0.3, -0.25) is 0 Å². The van der Waals surface area contributed by atoms with Crippen molar-refractivity contribution < 1.29 is 0 Å². The Hall–Kier alpha value is -1.60. The molecule has 0 radical (unpaired) electrons. The van der Waals surface area contributed by atoms with Gasteiger partial charge in [-0.1, -0.05) is 121 Å². The summed E-state index contributed by atoms with van der Waals surface area (Å²) in [6.45, 7) is 17.2. The van der Waals surface area contributed by atoms with Gasteiger partial charge in [0.05, 0.1) is 0 Å². The zero-order valence-electron chi connectivity index (χ0n) is 17.1. The minimum absolute atomic E-state index is 1.07. The number of hydrogen-bond acceptors (Lipinski definition) is 1. The van der Waals surface area contributed by atoms with E-state index in [1.165, 1.54) is 5.56 Å². The predicted octanol–water partition coefficient (Wildman–Crippen LogP) is 6.99. The van der Waals surface area contributed by atoms with Gasteiger partial charge in [-0.25, -0.2) is 0 Å². The summed E-state index contributed by atoms with van der Waals surface area (Å²) in [5.74, 6) is 0. The van der Waals surface area contributed by atoms with Crippen molar-refractivity contribution in [3.8, 4) is 0 Å². The van der Waals surface area contributed by atoms with Crippen LogP contribution in [0.5, 0.6) is 0 Å². The second-order valence-corrected chi connectivity index (χ2v) is 3.52. The van der Waals surface area contributed by atoms with Crippen LogP contribution in [0.2, 0.25) is 0 Å². The molecule has 0 spiro atoms. The fourth-order valence-corrected chi connectivity index (χ4v) is 0.919. The van der Waals surface area contributed by atoms with E-state index >= 15 is 0 Å². The maximum Gasteiger partial charge on any atom is -0.00804 e. The number of nitrogens with one attached hydrogen (secondary N) is 1. The van der Waals surface area contributed by atoms with E-state index < -0.39 is 0 Å². The standard InChI is InChI=1S/C7H8.C6H6.C3H9N.3C2H6/c1-7-5-3-2-4-6-7;1-2-4-6-5-3-1;1-3-4-2;3*1-2/h2-6H,1H3;1-6H;4H,3H2,1-2H3;3*1-2H3. The summed E-state index contributed by atoms with van der Waals surface area (Å²) in [7, 11) is 1.93. The predicted molar refractivity (Wildman–Crippen MR) is 111 cm³/mol. The summed E-state index contributed by atoms with van der Waals surface area (Å²) in [6, 6.07) is 22.3. The highest BCUT2D eigenvalue weighted by atomic mass is 14.8. The largest absolute Gasteiger partial charge is 0.320 e. The van der Waals surface area contributed by atoms with Gasteiger partial charge < -0.3 is 5.32 Å². The summed E-state index contributed by atoms with van der Waals surface area (Å²) >= 11 is 0. The quantitative estimate of drug-likeness (QED) is 0.597. The second-order valence-electron chi connectivity index (χ2n) is 3.52. The molecule has 1 heteroatoms. The van der Waals surface area contributed by atoms with Crippen LogP contribution in [-0.2, 0) is 0 Å². The van der Waals surface area contributed by atoms with Crippen molar-refractivity contribution >= 4 is 0 Å². The molecule has 0 unspecified atom stereocenters. The maximum absolute atomic E-state index is 2.93. The Morgan fingerprint density at radius 2 is 0.826 bits per heavy atom. The Morgan fingerprint density at radius 1 is 0.609 bits per heavy atom. The molecule has 2 aromatic rings. The van der Waals surface area contributed by atoms with Crippen LogP contribution >= 0.6 is 0 Å². The summed E-state index contributed by atoms with van der Waals surface area (Å²) in [5, 5.41) is 2.93. The van der Waals surface area contributed by atoms with Crippen molar-refractivity contribution in [3.05, 3.63) is 72.3 Å². The van der Waals surface area contributed by atoms with E-state index in [-0.39, 0.29) is 0 Å². The molecule has 23 heavy (non-hydrogen) atoms. The molecule has 0 heterocycles. The van der Waals surface area contributed by atoms with Gasteiger partial charge in [0.15, 0.2) is 0 Å². The maximum atomic E-state index is 2.93. The van der Waals surface area contributed by atoms with E-state index in [1.807, 2.05) is 103 Å². The van der Waals surface area contributed by atoms with Gasteiger partial charge in [0.25, 0.3) is 0 Å². The van der Waals surface area contributed by atoms with Gasteiger partial charge in [0.1, 0.15) is 0 Å². The molecule has 1 nitrogen and oxygen atoms in total. The molecular formula is C22H41N. The third kappa shape index (κ3) is 38.5. The number of rotatable bonds is 1. The van der Waals surface area contributed by atoms with Crippen LogP contribution in [0, 0.1) is 6.92 Å². The van der Waals surface area contributed by atoms with Gasteiger partial charge in [-0.2, -0.15) is 0 Å². The molecule has 1 N–H and O–H groups in total. The Balaban J connectivity index is -0.000000104. The van der Waals surface area contributed by atoms with E-state index in [1.54, 1.807) is 0 Å². The van der Waals surface area contributed by atoms with E-state index in [2.05, 4.69) is 31.3 Å². The Labute approximate surface area is 147 Å². The topological polar surface area (TPSA) is 12.0 Å². The molecule has 2 aromatic carbocycles. The van der Waals surface area contributed by atoms with Crippen LogP contribution < -0.4 is 5.32 Å². The molecule has 0 saturated heterocycles. The lowest BCUT2D eigenvalue weighted by Crippen LogP contribution is -2.01. The lowest BCUT2D eigenvalue weighted by Gasteiger charge is -1.82. The molecule has 0 aliphatic carbocycles. The van der Waals surface area contributed by atoms with E-state index in [9.17, 15) is 0 Å². The Bertz CT molecular complexity index is 301. The van der Waals surface area contributed by atoms with Gasteiger partial charge >= 0.3 is 0 Å². The van der Waals surface area contributed by atoms with Crippen LogP contribution in [0.25, 0.3) is 0 Å². The molecule has 0 aromatic heterocycles. The van der Waals surface area contributed by atoms with Crippen molar-refractivity contribution in [2.75, 3.05) is 13.6 Å². The summed E-state index contributed by atoms with van der Waals surface area (Å²) in [6.07, 6.45) is 0. The molecule has 0 fully saturated rings. The van der Waals surface area contributed by atoms with Crippen LogP contribution in [0.3, 0.4) is 0 Å². The van der Waals surface area contributed by atoms with E-state index in [0.29, 0.717) is 0 Å².